The molecule has 0 bridgehead atoms. The van der Waals surface area contributed by atoms with E-state index in [4.69, 9.17) is 14.7 Å². The highest BCUT2D eigenvalue weighted by molar-refractivity contribution is 6.07. The molecule has 0 saturated carbocycles. The van der Waals surface area contributed by atoms with Crippen LogP contribution in [0.3, 0.4) is 0 Å². The van der Waals surface area contributed by atoms with Gasteiger partial charge < -0.3 is 20.1 Å². The maximum absolute atomic E-state index is 12.2. The molecule has 0 spiro atoms. The second-order valence-corrected chi connectivity index (χ2v) is 5.33. The Kier molecular flexibility index (Phi) is 7.48. The lowest BCUT2D eigenvalue weighted by molar-refractivity contribution is -0.112. The monoisotopic (exact) mass is 317 g/mol. The molecule has 124 valence electrons. The van der Waals surface area contributed by atoms with Crippen LogP contribution in [-0.2, 0) is 4.79 Å². The maximum atomic E-state index is 12.2. The third kappa shape index (κ3) is 5.91. The van der Waals surface area contributed by atoms with E-state index in [1.54, 1.807) is 18.2 Å². The van der Waals surface area contributed by atoms with Crippen LogP contribution in [-0.4, -0.2) is 26.7 Å². The highest BCUT2D eigenvalue weighted by Crippen LogP contribution is 2.29. The molecule has 0 saturated heterocycles. The minimum absolute atomic E-state index is 0.00127. The van der Waals surface area contributed by atoms with Crippen LogP contribution in [0.25, 0.3) is 0 Å². The van der Waals surface area contributed by atoms with Crippen LogP contribution in [0.2, 0.25) is 0 Å². The lowest BCUT2D eigenvalue weighted by Crippen LogP contribution is -2.18. The van der Waals surface area contributed by atoms with E-state index in [1.165, 1.54) is 20.4 Å². The van der Waals surface area contributed by atoms with E-state index < -0.39 is 5.91 Å². The zero-order valence-electron chi connectivity index (χ0n) is 14.0. The molecule has 0 fully saturated rings. The van der Waals surface area contributed by atoms with Crippen LogP contribution in [0.4, 0.5) is 5.69 Å². The van der Waals surface area contributed by atoms with E-state index in [0.29, 0.717) is 29.6 Å². The molecule has 0 radical (unpaired) electrons. The van der Waals surface area contributed by atoms with E-state index in [1.807, 2.05) is 6.07 Å². The van der Waals surface area contributed by atoms with Gasteiger partial charge in [0, 0.05) is 18.8 Å². The average molecular weight is 317 g/mol. The van der Waals surface area contributed by atoms with Gasteiger partial charge >= 0.3 is 0 Å². The predicted molar refractivity (Wildman–Crippen MR) is 89.3 cm³/mol. The highest BCUT2D eigenvalue weighted by atomic mass is 16.5. The topological polar surface area (TPSA) is 83.4 Å². The summed E-state index contributed by atoms with van der Waals surface area (Å²) in [5.41, 5.74) is 0.443. The van der Waals surface area contributed by atoms with Crippen molar-refractivity contribution in [1.29, 1.82) is 5.26 Å². The number of benzene rings is 1. The number of rotatable bonds is 8. The average Bonchev–Trinajstić information content (AvgIpc) is 2.54. The SMILES string of the molecule is COc1ccc(OC)c(NC(=O)/C(C#N)=C\NCCC(C)C)c1. The fraction of sp³-hybridized carbons (Fsp3) is 0.412. The molecule has 0 aromatic heterocycles. The summed E-state index contributed by atoms with van der Waals surface area (Å²) in [6, 6.07) is 6.94. The van der Waals surface area contributed by atoms with E-state index >= 15 is 0 Å². The number of methoxy groups -OCH3 is 2. The third-order valence-corrected chi connectivity index (χ3v) is 3.13. The van der Waals surface area contributed by atoms with Crippen molar-refractivity contribution in [3.63, 3.8) is 0 Å². The number of carbonyl (C=O) groups excluding carboxylic acids is 1. The summed E-state index contributed by atoms with van der Waals surface area (Å²) >= 11 is 0. The van der Waals surface area contributed by atoms with E-state index in [-0.39, 0.29) is 5.57 Å². The molecule has 0 aliphatic heterocycles. The molecule has 1 rings (SSSR count). The maximum Gasteiger partial charge on any atom is 0.267 e. The molecular weight excluding hydrogens is 294 g/mol. The van der Waals surface area contributed by atoms with Gasteiger partial charge in [0.1, 0.15) is 23.1 Å². The van der Waals surface area contributed by atoms with Crippen molar-refractivity contribution < 1.29 is 14.3 Å². The Hall–Kier alpha value is -2.68. The van der Waals surface area contributed by atoms with E-state index in [2.05, 4.69) is 24.5 Å². The van der Waals surface area contributed by atoms with Crippen molar-refractivity contribution in [3.05, 3.63) is 30.0 Å². The molecule has 1 aromatic carbocycles. The summed E-state index contributed by atoms with van der Waals surface area (Å²) in [6.07, 6.45) is 2.39. The van der Waals surface area contributed by atoms with Gasteiger partial charge in [-0.1, -0.05) is 13.8 Å². The Balaban J connectivity index is 2.80. The highest BCUT2D eigenvalue weighted by Gasteiger charge is 2.13. The Morgan fingerprint density at radius 2 is 2.09 bits per heavy atom. The predicted octanol–water partition coefficient (Wildman–Crippen LogP) is 2.69. The number of nitriles is 1. The fourth-order valence-corrected chi connectivity index (χ4v) is 1.80. The van der Waals surface area contributed by atoms with Gasteiger partial charge in [-0.05, 0) is 24.5 Å². The number of hydrogen-bond acceptors (Lipinski definition) is 5. The van der Waals surface area contributed by atoms with Gasteiger partial charge in [-0.25, -0.2) is 0 Å². The van der Waals surface area contributed by atoms with Crippen molar-refractivity contribution in [3.8, 4) is 17.6 Å². The standard InChI is InChI=1S/C17H23N3O3/c1-12(2)7-8-19-11-13(10-18)17(21)20-15-9-14(22-3)5-6-16(15)23-4/h5-6,9,11-12,19H,7-8H2,1-4H3,(H,20,21)/b13-11-. The molecular formula is C17H23N3O3. The van der Waals surface area contributed by atoms with Crippen LogP contribution < -0.4 is 20.1 Å². The molecule has 0 heterocycles. The molecule has 0 atom stereocenters. The van der Waals surface area contributed by atoms with Crippen molar-refractivity contribution in [2.45, 2.75) is 20.3 Å². The minimum Gasteiger partial charge on any atom is -0.497 e. The largest absolute Gasteiger partial charge is 0.497 e. The number of hydrogen-bond donors (Lipinski definition) is 2. The Morgan fingerprint density at radius 3 is 2.65 bits per heavy atom. The van der Waals surface area contributed by atoms with Gasteiger partial charge in [-0.3, -0.25) is 4.79 Å². The third-order valence-electron chi connectivity index (χ3n) is 3.13. The normalized spacial score (nSPS) is 10.9. The summed E-state index contributed by atoms with van der Waals surface area (Å²) in [7, 11) is 3.04. The smallest absolute Gasteiger partial charge is 0.267 e. The van der Waals surface area contributed by atoms with Gasteiger partial charge in [0.05, 0.1) is 19.9 Å². The van der Waals surface area contributed by atoms with Gasteiger partial charge in [0.15, 0.2) is 0 Å². The number of nitrogens with one attached hydrogen (secondary N) is 2. The first kappa shape index (κ1) is 18.4. The summed E-state index contributed by atoms with van der Waals surface area (Å²) in [5, 5.41) is 14.8. The van der Waals surface area contributed by atoms with Gasteiger partial charge in [0.25, 0.3) is 5.91 Å². The number of nitrogens with zero attached hydrogens (tertiary/aromatic N) is 1. The molecule has 23 heavy (non-hydrogen) atoms. The zero-order chi connectivity index (χ0) is 17.2. The summed E-state index contributed by atoms with van der Waals surface area (Å²) in [5.74, 6) is 1.12. The molecule has 1 aromatic rings. The molecule has 6 heteroatoms. The fourth-order valence-electron chi connectivity index (χ4n) is 1.80. The number of amides is 1. The lowest BCUT2D eigenvalue weighted by atomic mass is 10.1. The van der Waals surface area contributed by atoms with Gasteiger partial charge in [0.2, 0.25) is 0 Å². The number of ether oxygens (including phenoxy) is 2. The number of anilines is 1. The first-order valence-corrected chi connectivity index (χ1v) is 7.38. The van der Waals surface area contributed by atoms with Gasteiger partial charge in [-0.2, -0.15) is 5.26 Å². The summed E-state index contributed by atoms with van der Waals surface area (Å²) in [6.45, 7) is 4.93. The van der Waals surface area contributed by atoms with Crippen LogP contribution in [0.5, 0.6) is 11.5 Å². The molecule has 2 N–H and O–H groups in total. The van der Waals surface area contributed by atoms with Crippen molar-refractivity contribution in [2.75, 3.05) is 26.1 Å². The first-order chi connectivity index (χ1) is 11.0. The second-order valence-electron chi connectivity index (χ2n) is 5.33. The van der Waals surface area contributed by atoms with Gasteiger partial charge in [-0.15, -0.1) is 0 Å². The second kappa shape index (κ2) is 9.36. The van der Waals surface area contributed by atoms with Crippen molar-refractivity contribution in [1.82, 2.24) is 5.32 Å². The zero-order valence-corrected chi connectivity index (χ0v) is 14.0. The summed E-state index contributed by atoms with van der Waals surface area (Å²) < 4.78 is 10.3. The van der Waals surface area contributed by atoms with Crippen molar-refractivity contribution in [2.24, 2.45) is 5.92 Å². The Labute approximate surface area is 137 Å². The Morgan fingerprint density at radius 1 is 1.35 bits per heavy atom. The van der Waals surface area contributed by atoms with Crippen LogP contribution in [0, 0.1) is 17.2 Å². The van der Waals surface area contributed by atoms with E-state index in [9.17, 15) is 4.79 Å². The molecule has 6 nitrogen and oxygen atoms in total. The lowest BCUT2D eigenvalue weighted by Gasteiger charge is -2.11. The minimum atomic E-state index is -0.504. The summed E-state index contributed by atoms with van der Waals surface area (Å²) in [4.78, 5) is 12.2. The molecule has 1 amide bonds. The van der Waals surface area contributed by atoms with E-state index in [0.717, 1.165) is 6.42 Å². The van der Waals surface area contributed by atoms with Crippen LogP contribution in [0.15, 0.2) is 30.0 Å². The molecule has 0 unspecified atom stereocenters. The quantitative estimate of drug-likeness (QED) is 0.437. The first-order valence-electron chi connectivity index (χ1n) is 7.38. The van der Waals surface area contributed by atoms with Crippen molar-refractivity contribution >= 4 is 11.6 Å². The number of carbonyl (C=O) groups is 1. The van der Waals surface area contributed by atoms with Crippen LogP contribution >= 0.6 is 0 Å². The van der Waals surface area contributed by atoms with Crippen LogP contribution in [0.1, 0.15) is 20.3 Å². The Bertz CT molecular complexity index is 604. The molecule has 0 aliphatic rings. The molecule has 0 aliphatic carbocycles.